The van der Waals surface area contributed by atoms with Crippen molar-refractivity contribution in [1.29, 1.82) is 0 Å². The number of hydrogen-bond acceptors (Lipinski definition) is 8. The summed E-state index contributed by atoms with van der Waals surface area (Å²) in [6.07, 6.45) is 7.95. The highest BCUT2D eigenvalue weighted by Gasteiger charge is 2.34. The van der Waals surface area contributed by atoms with Gasteiger partial charge in [0.2, 0.25) is 0 Å². The molecule has 5 heterocycles. The second-order valence-corrected chi connectivity index (χ2v) is 14.6. The number of rotatable bonds is 3. The van der Waals surface area contributed by atoms with E-state index in [2.05, 4.69) is 23.2 Å². The van der Waals surface area contributed by atoms with E-state index in [9.17, 15) is 9.59 Å². The smallest absolute Gasteiger partial charge is 0.410 e. The van der Waals surface area contributed by atoms with E-state index >= 15 is 0 Å². The quantitative estimate of drug-likeness (QED) is 0.323. The Balaban J connectivity index is 0.000000187. The monoisotopic (exact) mass is 622 g/mol. The number of nitrogen functional groups attached to an aromatic ring is 1. The SMILES string of the molecule is CC(C)(C)OC(=O)N1CCCC[C@H]1c1cc(N)n[nH]1.Cc1cc(C2CC2)nc2cc([C@@H]3CCCCN3C(=O)OC(C)(C)C)nn12. The first-order valence-electron chi connectivity index (χ1n) is 16.4. The first-order valence-corrected chi connectivity index (χ1v) is 16.4. The van der Waals surface area contributed by atoms with Crippen LogP contribution in [0.15, 0.2) is 18.2 Å². The molecule has 246 valence electrons. The Kier molecular flexibility index (Phi) is 9.32. The van der Waals surface area contributed by atoms with E-state index in [1.54, 1.807) is 11.0 Å². The van der Waals surface area contributed by atoms with Crippen LogP contribution in [0, 0.1) is 6.92 Å². The molecule has 45 heavy (non-hydrogen) atoms. The van der Waals surface area contributed by atoms with Gasteiger partial charge < -0.3 is 15.2 Å². The normalized spacial score (nSPS) is 20.9. The summed E-state index contributed by atoms with van der Waals surface area (Å²) in [7, 11) is 0. The number of nitrogens with zero attached hydrogens (tertiary/aromatic N) is 6. The van der Waals surface area contributed by atoms with Crippen LogP contribution in [0.3, 0.4) is 0 Å². The number of H-pyrrole nitrogens is 1. The molecule has 3 fully saturated rings. The lowest BCUT2D eigenvalue weighted by Crippen LogP contribution is -2.42. The Morgan fingerprint density at radius 3 is 1.93 bits per heavy atom. The third-order valence-electron chi connectivity index (χ3n) is 8.22. The fourth-order valence-electron chi connectivity index (χ4n) is 6.01. The van der Waals surface area contributed by atoms with Gasteiger partial charge in [-0.1, -0.05) is 0 Å². The van der Waals surface area contributed by atoms with Crippen LogP contribution in [-0.2, 0) is 9.47 Å². The van der Waals surface area contributed by atoms with Crippen molar-refractivity contribution in [2.24, 2.45) is 0 Å². The van der Waals surface area contributed by atoms with E-state index < -0.39 is 11.2 Å². The second-order valence-electron chi connectivity index (χ2n) is 14.6. The van der Waals surface area contributed by atoms with Gasteiger partial charge in [-0.05, 0) is 106 Å². The number of fused-ring (bicyclic) bond motifs is 1. The van der Waals surface area contributed by atoms with E-state index in [-0.39, 0.29) is 24.3 Å². The summed E-state index contributed by atoms with van der Waals surface area (Å²) in [4.78, 5) is 33.3. The number of amides is 2. The van der Waals surface area contributed by atoms with Gasteiger partial charge in [0.05, 0.1) is 23.5 Å². The maximum absolute atomic E-state index is 12.7. The number of aromatic amines is 1. The first kappa shape index (κ1) is 32.6. The highest BCUT2D eigenvalue weighted by molar-refractivity contribution is 5.69. The van der Waals surface area contributed by atoms with Crippen molar-refractivity contribution < 1.29 is 19.1 Å². The summed E-state index contributed by atoms with van der Waals surface area (Å²) in [5.74, 6) is 1.06. The molecule has 2 aliphatic heterocycles. The van der Waals surface area contributed by atoms with E-state index in [0.717, 1.165) is 61.3 Å². The average Bonchev–Trinajstić information content (AvgIpc) is 3.58. The lowest BCUT2D eigenvalue weighted by molar-refractivity contribution is 0.00801. The number of anilines is 1. The number of ether oxygens (including phenoxy) is 2. The fourth-order valence-corrected chi connectivity index (χ4v) is 6.01. The lowest BCUT2D eigenvalue weighted by Gasteiger charge is -2.36. The molecule has 2 amide bonds. The van der Waals surface area contributed by atoms with Crippen molar-refractivity contribution in [1.82, 2.24) is 34.6 Å². The van der Waals surface area contributed by atoms with Gasteiger partial charge in [0.15, 0.2) is 5.65 Å². The van der Waals surface area contributed by atoms with Crippen LogP contribution in [-0.4, -0.2) is 71.1 Å². The van der Waals surface area contributed by atoms with Gasteiger partial charge >= 0.3 is 12.2 Å². The largest absolute Gasteiger partial charge is 0.444 e. The third-order valence-corrected chi connectivity index (χ3v) is 8.22. The zero-order chi connectivity index (χ0) is 32.5. The van der Waals surface area contributed by atoms with Crippen LogP contribution in [0.2, 0.25) is 0 Å². The molecule has 2 saturated heterocycles. The van der Waals surface area contributed by atoms with Gasteiger partial charge in [-0.25, -0.2) is 19.1 Å². The predicted molar refractivity (Wildman–Crippen MR) is 172 cm³/mol. The van der Waals surface area contributed by atoms with Crippen molar-refractivity contribution in [3.63, 3.8) is 0 Å². The van der Waals surface area contributed by atoms with Gasteiger partial charge in [0, 0.05) is 42.5 Å². The zero-order valence-corrected chi connectivity index (χ0v) is 27.9. The van der Waals surface area contributed by atoms with Crippen molar-refractivity contribution in [2.75, 3.05) is 18.8 Å². The van der Waals surface area contributed by atoms with Gasteiger partial charge in [-0.3, -0.25) is 14.9 Å². The van der Waals surface area contributed by atoms with Crippen molar-refractivity contribution >= 4 is 23.7 Å². The Morgan fingerprint density at radius 2 is 1.40 bits per heavy atom. The van der Waals surface area contributed by atoms with E-state index in [1.165, 1.54) is 18.5 Å². The topological polar surface area (TPSA) is 144 Å². The van der Waals surface area contributed by atoms with Gasteiger partial charge in [0.25, 0.3) is 0 Å². The molecule has 0 spiro atoms. The van der Waals surface area contributed by atoms with Gasteiger partial charge in [-0.15, -0.1) is 0 Å². The lowest BCUT2D eigenvalue weighted by atomic mass is 10.00. The summed E-state index contributed by atoms with van der Waals surface area (Å²) in [5, 5.41) is 11.6. The molecule has 2 atom stereocenters. The highest BCUT2D eigenvalue weighted by Crippen LogP contribution is 2.40. The average molecular weight is 623 g/mol. The van der Waals surface area contributed by atoms with E-state index in [4.69, 9.17) is 25.3 Å². The van der Waals surface area contributed by atoms with Crippen LogP contribution in [0.5, 0.6) is 0 Å². The maximum Gasteiger partial charge on any atom is 0.410 e. The molecule has 0 radical (unpaired) electrons. The van der Waals surface area contributed by atoms with Crippen molar-refractivity contribution in [2.45, 2.75) is 129 Å². The molecule has 6 rings (SSSR count). The summed E-state index contributed by atoms with van der Waals surface area (Å²) in [6.45, 7) is 14.8. The van der Waals surface area contributed by atoms with E-state index in [0.29, 0.717) is 24.8 Å². The molecule has 0 aromatic carbocycles. The second kappa shape index (κ2) is 12.9. The molecule has 0 bridgehead atoms. The molecule has 3 aromatic rings. The molecule has 0 unspecified atom stereocenters. The third kappa shape index (κ3) is 8.26. The Hall–Kier alpha value is -3.83. The van der Waals surface area contributed by atoms with Crippen LogP contribution >= 0.6 is 0 Å². The number of carbonyl (C=O) groups is 2. The van der Waals surface area contributed by atoms with Gasteiger partial charge in [0.1, 0.15) is 17.0 Å². The summed E-state index contributed by atoms with van der Waals surface area (Å²) in [6, 6.07) is 5.92. The molecule has 1 saturated carbocycles. The summed E-state index contributed by atoms with van der Waals surface area (Å²) < 4.78 is 13.0. The Labute approximate surface area is 266 Å². The molecule has 3 N–H and O–H groups in total. The summed E-state index contributed by atoms with van der Waals surface area (Å²) in [5.41, 5.74) is 9.61. The summed E-state index contributed by atoms with van der Waals surface area (Å²) >= 11 is 0. The van der Waals surface area contributed by atoms with Crippen molar-refractivity contribution in [3.8, 4) is 0 Å². The highest BCUT2D eigenvalue weighted by atomic mass is 16.6. The molecule has 12 nitrogen and oxygen atoms in total. The Bertz CT molecular complexity index is 1500. The first-order chi connectivity index (χ1) is 21.2. The number of aryl methyl sites for hydroxylation is 1. The van der Waals surface area contributed by atoms with Crippen LogP contribution in [0.25, 0.3) is 5.65 Å². The minimum absolute atomic E-state index is 0.0200. The zero-order valence-electron chi connectivity index (χ0n) is 27.9. The predicted octanol–water partition coefficient (Wildman–Crippen LogP) is 6.83. The van der Waals surface area contributed by atoms with Gasteiger partial charge in [-0.2, -0.15) is 10.2 Å². The molecular weight excluding hydrogens is 572 g/mol. The minimum Gasteiger partial charge on any atom is -0.444 e. The Morgan fingerprint density at radius 1 is 0.822 bits per heavy atom. The number of piperidine rings is 2. The van der Waals surface area contributed by atoms with Crippen LogP contribution < -0.4 is 5.73 Å². The maximum atomic E-state index is 12.7. The molecular formula is C33H50N8O4. The minimum atomic E-state index is -0.491. The molecule has 1 aliphatic carbocycles. The number of aromatic nitrogens is 5. The number of nitrogens with one attached hydrogen (secondary N) is 1. The van der Waals surface area contributed by atoms with Crippen molar-refractivity contribution in [3.05, 3.63) is 41.0 Å². The number of hydrogen-bond donors (Lipinski definition) is 2. The molecule has 3 aromatic heterocycles. The molecule has 12 heteroatoms. The van der Waals surface area contributed by atoms with E-state index in [1.807, 2.05) is 57.0 Å². The van der Waals surface area contributed by atoms with Crippen LogP contribution in [0.1, 0.15) is 134 Å². The van der Waals surface area contributed by atoms with Crippen LogP contribution in [0.4, 0.5) is 15.4 Å². The standard InChI is InChI=1S/C20H28N4O2.C13H22N4O2/c1-13-11-15(14-8-9-14)21-18-12-16(22-24(13)18)17-7-5-6-10-23(17)19(25)26-20(2,3)4;1-13(2,3)19-12(18)17-7-5-4-6-10(17)9-8-11(14)16-15-9/h11-12,14,17H,5-10H2,1-4H3;8,10H,4-7H2,1-3H3,(H3,14,15,16)/t17-;10-/m00/s1. The number of nitrogens with two attached hydrogens (primary N) is 1. The number of carbonyl (C=O) groups excluding carboxylic acids is 2. The fraction of sp³-hybridized carbons (Fsp3) is 0.667. The molecule has 3 aliphatic rings. The number of likely N-dealkylation sites (tertiary alicyclic amines) is 2.